The van der Waals surface area contributed by atoms with Crippen LogP contribution in [0.15, 0.2) is 53.6 Å². The molecule has 140 valence electrons. The minimum atomic E-state index is 0.187. The smallest absolute Gasteiger partial charge is 0.214 e. The summed E-state index contributed by atoms with van der Waals surface area (Å²) in [5.41, 5.74) is 11.2. The number of hydrogen-bond acceptors (Lipinski definition) is 2. The number of guanidine groups is 1. The molecular weight excluding hydrogens is 367 g/mol. The van der Waals surface area contributed by atoms with E-state index >= 15 is 0 Å². The Kier molecular flexibility index (Phi) is 8.07. The third-order valence-electron chi connectivity index (χ3n) is 4.10. The summed E-state index contributed by atoms with van der Waals surface area (Å²) in [4.78, 5) is 2.15. The van der Waals surface area contributed by atoms with Crippen molar-refractivity contribution in [1.29, 1.82) is 0 Å². The van der Waals surface area contributed by atoms with Crippen LogP contribution in [0.2, 0.25) is 10.0 Å². The molecule has 0 spiro atoms. The molecule has 2 aromatic carbocycles. The van der Waals surface area contributed by atoms with Crippen LogP contribution in [0.1, 0.15) is 44.7 Å². The van der Waals surface area contributed by atoms with Crippen molar-refractivity contribution in [3.8, 4) is 0 Å². The third-order valence-corrected chi connectivity index (χ3v) is 4.65. The normalized spacial score (nSPS) is 12.7. The van der Waals surface area contributed by atoms with Crippen molar-refractivity contribution < 1.29 is 0 Å². The van der Waals surface area contributed by atoms with E-state index in [1.807, 2.05) is 6.07 Å². The van der Waals surface area contributed by atoms with Crippen LogP contribution in [0, 0.1) is 0 Å². The van der Waals surface area contributed by atoms with Gasteiger partial charge in [0.2, 0.25) is 5.96 Å². The first-order chi connectivity index (χ1) is 12.6. The standard InChI is InChI=1S/C20H26Cl2N4/c1-3-8-19(15-9-6-5-7-10-15)26(13-4-2)20(23)25-24-18-12-11-16(21)14-17(18)22/h5-7,9-12,14,19,24H,3-4,8,13H2,1-2H3,(H2,23,25). The summed E-state index contributed by atoms with van der Waals surface area (Å²) in [5, 5.41) is 5.46. The Hall–Kier alpha value is -1.91. The molecular formula is C20H26Cl2N4. The SMILES string of the molecule is CCCC(c1ccccc1)N(CCC)/C(N)=N\Nc1ccc(Cl)cc1Cl. The predicted octanol–water partition coefficient (Wildman–Crippen LogP) is 5.89. The average Bonchev–Trinajstić information content (AvgIpc) is 2.64. The topological polar surface area (TPSA) is 53.6 Å². The first-order valence-corrected chi connectivity index (χ1v) is 9.68. The van der Waals surface area contributed by atoms with Gasteiger partial charge in [0.05, 0.1) is 16.8 Å². The molecule has 0 aliphatic carbocycles. The Bertz CT molecular complexity index is 719. The van der Waals surface area contributed by atoms with Gasteiger partial charge in [-0.25, -0.2) is 0 Å². The highest BCUT2D eigenvalue weighted by Gasteiger charge is 2.21. The molecule has 0 saturated heterocycles. The van der Waals surface area contributed by atoms with E-state index in [-0.39, 0.29) is 6.04 Å². The summed E-state index contributed by atoms with van der Waals surface area (Å²) >= 11 is 12.1. The van der Waals surface area contributed by atoms with Crippen LogP contribution < -0.4 is 11.2 Å². The van der Waals surface area contributed by atoms with Gasteiger partial charge in [-0.1, -0.05) is 73.8 Å². The van der Waals surface area contributed by atoms with Gasteiger partial charge in [0.15, 0.2) is 0 Å². The van der Waals surface area contributed by atoms with Gasteiger partial charge in [-0.05, 0) is 36.6 Å². The first kappa shape index (κ1) is 20.4. The molecule has 26 heavy (non-hydrogen) atoms. The van der Waals surface area contributed by atoms with Crippen LogP contribution in [-0.2, 0) is 0 Å². The number of anilines is 1. The maximum Gasteiger partial charge on any atom is 0.214 e. The van der Waals surface area contributed by atoms with Crippen LogP contribution in [0.5, 0.6) is 0 Å². The molecule has 6 heteroatoms. The second-order valence-electron chi connectivity index (χ2n) is 6.11. The molecule has 0 radical (unpaired) electrons. The van der Waals surface area contributed by atoms with Gasteiger partial charge in [-0.3, -0.25) is 5.43 Å². The van der Waals surface area contributed by atoms with E-state index in [0.29, 0.717) is 21.7 Å². The zero-order valence-electron chi connectivity index (χ0n) is 15.3. The van der Waals surface area contributed by atoms with Crippen molar-refractivity contribution in [3.05, 3.63) is 64.1 Å². The van der Waals surface area contributed by atoms with Gasteiger partial charge >= 0.3 is 0 Å². The summed E-state index contributed by atoms with van der Waals surface area (Å²) in [6, 6.07) is 15.8. The second-order valence-corrected chi connectivity index (χ2v) is 6.96. The number of nitrogens with two attached hydrogens (primary N) is 1. The van der Waals surface area contributed by atoms with Gasteiger partial charge in [0.1, 0.15) is 0 Å². The second kappa shape index (κ2) is 10.3. The van der Waals surface area contributed by atoms with E-state index in [2.05, 4.69) is 53.5 Å². The summed E-state index contributed by atoms with van der Waals surface area (Å²) < 4.78 is 0. The summed E-state index contributed by atoms with van der Waals surface area (Å²) in [6.45, 7) is 5.14. The highest BCUT2D eigenvalue weighted by Crippen LogP contribution is 2.27. The first-order valence-electron chi connectivity index (χ1n) is 8.92. The predicted molar refractivity (Wildman–Crippen MR) is 113 cm³/mol. The molecule has 2 rings (SSSR count). The van der Waals surface area contributed by atoms with E-state index in [0.717, 1.165) is 25.8 Å². The minimum Gasteiger partial charge on any atom is -0.368 e. The van der Waals surface area contributed by atoms with Crippen LogP contribution in [-0.4, -0.2) is 17.4 Å². The number of nitrogens with zero attached hydrogens (tertiary/aromatic N) is 2. The summed E-state index contributed by atoms with van der Waals surface area (Å²) in [6.07, 6.45) is 3.04. The largest absolute Gasteiger partial charge is 0.368 e. The number of hydrazone groups is 1. The molecule has 4 nitrogen and oxygen atoms in total. The molecule has 1 unspecified atom stereocenters. The fourth-order valence-corrected chi connectivity index (χ4v) is 3.33. The summed E-state index contributed by atoms with van der Waals surface area (Å²) in [5.74, 6) is 0.445. The average molecular weight is 393 g/mol. The molecule has 0 saturated carbocycles. The quantitative estimate of drug-likeness (QED) is 0.334. The fraction of sp³-hybridized carbons (Fsp3) is 0.350. The number of rotatable bonds is 8. The molecule has 0 aliphatic heterocycles. The molecule has 0 aromatic heterocycles. The molecule has 3 N–H and O–H groups in total. The van der Waals surface area contributed by atoms with Gasteiger partial charge in [0.25, 0.3) is 0 Å². The van der Waals surface area contributed by atoms with Crippen LogP contribution in [0.4, 0.5) is 5.69 Å². The van der Waals surface area contributed by atoms with Crippen LogP contribution in [0.3, 0.4) is 0 Å². The Morgan fingerprint density at radius 1 is 1.12 bits per heavy atom. The number of nitrogens with one attached hydrogen (secondary N) is 1. The Labute approximate surface area is 166 Å². The number of halogens is 2. The van der Waals surface area contributed by atoms with Crippen molar-refractivity contribution >= 4 is 34.8 Å². The molecule has 0 amide bonds. The zero-order chi connectivity index (χ0) is 18.9. The van der Waals surface area contributed by atoms with Gasteiger partial charge in [0, 0.05) is 11.6 Å². The van der Waals surface area contributed by atoms with Crippen molar-refractivity contribution in [2.24, 2.45) is 10.8 Å². The number of benzene rings is 2. The Balaban J connectivity index is 2.25. The fourth-order valence-electron chi connectivity index (χ4n) is 2.88. The maximum atomic E-state index is 6.34. The van der Waals surface area contributed by atoms with Gasteiger partial charge < -0.3 is 10.6 Å². The lowest BCUT2D eigenvalue weighted by Crippen LogP contribution is -2.41. The van der Waals surface area contributed by atoms with E-state index < -0.39 is 0 Å². The lowest BCUT2D eigenvalue weighted by Gasteiger charge is -2.32. The molecule has 0 aliphatic rings. The van der Waals surface area contributed by atoms with Crippen molar-refractivity contribution in [1.82, 2.24) is 4.90 Å². The highest BCUT2D eigenvalue weighted by atomic mass is 35.5. The molecule has 0 bridgehead atoms. The van der Waals surface area contributed by atoms with Gasteiger partial charge in [-0.2, -0.15) is 0 Å². The van der Waals surface area contributed by atoms with E-state index in [1.165, 1.54) is 5.56 Å². The van der Waals surface area contributed by atoms with E-state index in [9.17, 15) is 0 Å². The third kappa shape index (κ3) is 5.55. The van der Waals surface area contributed by atoms with Crippen LogP contribution >= 0.6 is 23.2 Å². The molecule has 0 fully saturated rings. The van der Waals surface area contributed by atoms with Gasteiger partial charge in [-0.15, -0.1) is 5.10 Å². The molecule has 0 heterocycles. The van der Waals surface area contributed by atoms with Crippen molar-refractivity contribution in [2.45, 2.75) is 39.2 Å². The van der Waals surface area contributed by atoms with Crippen molar-refractivity contribution in [2.75, 3.05) is 12.0 Å². The monoisotopic (exact) mass is 392 g/mol. The summed E-state index contributed by atoms with van der Waals surface area (Å²) in [7, 11) is 0. The van der Waals surface area contributed by atoms with Crippen LogP contribution in [0.25, 0.3) is 0 Å². The highest BCUT2D eigenvalue weighted by molar-refractivity contribution is 6.36. The van der Waals surface area contributed by atoms with Crippen molar-refractivity contribution in [3.63, 3.8) is 0 Å². The molecule has 2 aromatic rings. The zero-order valence-corrected chi connectivity index (χ0v) is 16.8. The maximum absolute atomic E-state index is 6.34. The lowest BCUT2D eigenvalue weighted by molar-refractivity contribution is 0.295. The Morgan fingerprint density at radius 3 is 2.46 bits per heavy atom. The lowest BCUT2D eigenvalue weighted by atomic mass is 10.0. The van der Waals surface area contributed by atoms with E-state index in [4.69, 9.17) is 28.9 Å². The number of hydrogen-bond donors (Lipinski definition) is 2. The Morgan fingerprint density at radius 2 is 1.85 bits per heavy atom. The molecule has 1 atom stereocenters. The minimum absolute atomic E-state index is 0.187. The van der Waals surface area contributed by atoms with E-state index in [1.54, 1.807) is 18.2 Å².